The van der Waals surface area contributed by atoms with Crippen molar-refractivity contribution in [3.8, 4) is 5.75 Å². The summed E-state index contributed by atoms with van der Waals surface area (Å²) in [5.41, 5.74) is 3.23. The van der Waals surface area contributed by atoms with E-state index in [9.17, 15) is 4.79 Å². The molecule has 2 aromatic heterocycles. The van der Waals surface area contributed by atoms with Gasteiger partial charge in [0.2, 0.25) is 0 Å². The van der Waals surface area contributed by atoms with Gasteiger partial charge in [0.05, 0.1) is 19.1 Å². The highest BCUT2D eigenvalue weighted by Crippen LogP contribution is 2.30. The maximum absolute atomic E-state index is 13.2. The van der Waals surface area contributed by atoms with Crippen LogP contribution in [-0.2, 0) is 20.0 Å². The summed E-state index contributed by atoms with van der Waals surface area (Å²) in [7, 11) is 5.44. The highest BCUT2D eigenvalue weighted by molar-refractivity contribution is 6.30. The normalized spacial score (nSPS) is 15.9. The number of likely N-dealkylation sites (N-methyl/N-ethyl adjacent to an activating group) is 1. The van der Waals surface area contributed by atoms with Crippen LogP contribution in [0.3, 0.4) is 0 Å². The molecule has 0 spiro atoms. The third-order valence-electron chi connectivity index (χ3n) is 6.96. The maximum Gasteiger partial charge on any atom is 0.289 e. The Morgan fingerprint density at radius 1 is 1.29 bits per heavy atom. The van der Waals surface area contributed by atoms with E-state index in [1.165, 1.54) is 0 Å². The van der Waals surface area contributed by atoms with Gasteiger partial charge in [0.1, 0.15) is 10.9 Å². The summed E-state index contributed by atoms with van der Waals surface area (Å²) in [6.45, 7) is 4.71. The molecule has 4 rings (SSSR count). The van der Waals surface area contributed by atoms with E-state index >= 15 is 0 Å². The molecule has 0 radical (unpaired) electrons. The van der Waals surface area contributed by atoms with Crippen LogP contribution in [0.2, 0.25) is 5.15 Å². The van der Waals surface area contributed by atoms with Crippen molar-refractivity contribution in [2.24, 2.45) is 13.0 Å². The molecule has 0 saturated carbocycles. The highest BCUT2D eigenvalue weighted by atomic mass is 35.5. The second kappa shape index (κ2) is 10.7. The molecule has 1 saturated heterocycles. The van der Waals surface area contributed by atoms with Gasteiger partial charge in [-0.2, -0.15) is 5.10 Å². The first-order chi connectivity index (χ1) is 16.4. The molecule has 0 aliphatic carbocycles. The second-order valence-electron chi connectivity index (χ2n) is 9.11. The molecule has 0 bridgehead atoms. The fraction of sp³-hybridized carbons (Fsp3) is 0.462. The summed E-state index contributed by atoms with van der Waals surface area (Å²) in [6.07, 6.45) is 4.31. The fourth-order valence-electron chi connectivity index (χ4n) is 4.96. The van der Waals surface area contributed by atoms with E-state index in [-0.39, 0.29) is 11.9 Å². The summed E-state index contributed by atoms with van der Waals surface area (Å²) < 4.78 is 12.6. The van der Waals surface area contributed by atoms with Crippen LogP contribution in [0.4, 0.5) is 0 Å². The van der Waals surface area contributed by atoms with E-state index in [0.29, 0.717) is 16.8 Å². The number of aromatic nitrogens is 2. The molecule has 0 N–H and O–H groups in total. The lowest BCUT2D eigenvalue weighted by Crippen LogP contribution is -2.47. The van der Waals surface area contributed by atoms with Gasteiger partial charge in [0, 0.05) is 32.2 Å². The van der Waals surface area contributed by atoms with Crippen molar-refractivity contribution in [2.75, 3.05) is 27.2 Å². The number of likely N-dealkylation sites (tertiary alicyclic amines) is 1. The number of ether oxygens (including phenoxy) is 1. The minimum absolute atomic E-state index is 0.0515. The number of benzene rings is 1. The molecule has 0 unspecified atom stereocenters. The summed E-state index contributed by atoms with van der Waals surface area (Å²) in [6, 6.07) is 11.6. The Kier molecular flexibility index (Phi) is 7.63. The Bertz CT molecular complexity index is 1100. The summed E-state index contributed by atoms with van der Waals surface area (Å²) in [4.78, 5) is 17.5. The lowest BCUT2D eigenvalue weighted by Gasteiger charge is -2.40. The third-order valence-corrected chi connectivity index (χ3v) is 7.43. The van der Waals surface area contributed by atoms with Gasteiger partial charge < -0.3 is 14.1 Å². The van der Waals surface area contributed by atoms with Crippen molar-refractivity contribution in [3.05, 3.63) is 70.4 Å². The molecule has 1 aliphatic heterocycles. The van der Waals surface area contributed by atoms with Crippen molar-refractivity contribution < 1.29 is 13.9 Å². The van der Waals surface area contributed by atoms with Crippen molar-refractivity contribution in [2.45, 2.75) is 38.8 Å². The molecule has 1 amide bonds. The van der Waals surface area contributed by atoms with Gasteiger partial charge in [0.25, 0.3) is 5.91 Å². The van der Waals surface area contributed by atoms with Gasteiger partial charge in [-0.25, -0.2) is 0 Å². The average molecular weight is 485 g/mol. The van der Waals surface area contributed by atoms with Gasteiger partial charge in [-0.05, 0) is 75.0 Å². The molecule has 8 heteroatoms. The average Bonchev–Trinajstić information content (AvgIpc) is 3.47. The lowest BCUT2D eigenvalue weighted by molar-refractivity contribution is 0.0556. The van der Waals surface area contributed by atoms with Gasteiger partial charge in [0.15, 0.2) is 5.76 Å². The lowest BCUT2D eigenvalue weighted by atomic mass is 9.84. The van der Waals surface area contributed by atoms with Crippen LogP contribution < -0.4 is 4.74 Å². The molecule has 1 fully saturated rings. The number of amides is 1. The summed E-state index contributed by atoms with van der Waals surface area (Å²) in [5.74, 6) is 1.49. The number of halogens is 1. The number of furan rings is 1. The number of nitrogens with zero attached hydrogens (tertiary/aromatic N) is 4. The van der Waals surface area contributed by atoms with Crippen LogP contribution in [0, 0.1) is 12.8 Å². The first-order valence-corrected chi connectivity index (χ1v) is 12.1. The monoisotopic (exact) mass is 484 g/mol. The van der Waals surface area contributed by atoms with Gasteiger partial charge >= 0.3 is 0 Å². The Labute approximate surface area is 206 Å². The van der Waals surface area contributed by atoms with Crippen molar-refractivity contribution in [3.63, 3.8) is 0 Å². The minimum Gasteiger partial charge on any atom is -0.497 e. The maximum atomic E-state index is 13.2. The van der Waals surface area contributed by atoms with Gasteiger partial charge in [-0.1, -0.05) is 23.7 Å². The van der Waals surface area contributed by atoms with Crippen LogP contribution in [0.15, 0.2) is 47.1 Å². The SMILES string of the molecule is COc1cccc(C[C@H](C2CCN(Cc3c(C)nn(C)c3Cl)CC2)N(C)C(=O)c2ccco2)c1. The molecule has 3 heterocycles. The van der Waals surface area contributed by atoms with E-state index in [2.05, 4.69) is 22.1 Å². The number of rotatable bonds is 8. The van der Waals surface area contributed by atoms with Gasteiger partial charge in [-0.15, -0.1) is 0 Å². The molecule has 1 aliphatic rings. The third kappa shape index (κ3) is 5.31. The first kappa shape index (κ1) is 24.4. The number of aryl methyl sites for hydroxylation is 2. The molecule has 7 nitrogen and oxygen atoms in total. The van der Waals surface area contributed by atoms with Crippen LogP contribution >= 0.6 is 11.6 Å². The Hall–Kier alpha value is -2.77. The van der Waals surface area contributed by atoms with E-state index < -0.39 is 0 Å². The summed E-state index contributed by atoms with van der Waals surface area (Å²) in [5, 5.41) is 5.15. The van der Waals surface area contributed by atoms with Crippen LogP contribution in [0.25, 0.3) is 0 Å². The first-order valence-electron chi connectivity index (χ1n) is 11.7. The number of carbonyl (C=O) groups excluding carboxylic acids is 1. The molecule has 34 heavy (non-hydrogen) atoms. The Balaban J connectivity index is 1.49. The van der Waals surface area contributed by atoms with Crippen molar-refractivity contribution >= 4 is 17.5 Å². The number of methoxy groups -OCH3 is 1. The zero-order chi connectivity index (χ0) is 24.2. The van der Waals surface area contributed by atoms with Crippen LogP contribution in [0.1, 0.15) is 40.2 Å². The Morgan fingerprint density at radius 3 is 2.68 bits per heavy atom. The summed E-state index contributed by atoms with van der Waals surface area (Å²) >= 11 is 6.46. The number of hydrogen-bond acceptors (Lipinski definition) is 5. The molecule has 1 atom stereocenters. The highest BCUT2D eigenvalue weighted by Gasteiger charge is 2.33. The van der Waals surface area contributed by atoms with E-state index in [4.69, 9.17) is 20.8 Å². The van der Waals surface area contributed by atoms with Crippen molar-refractivity contribution in [1.29, 1.82) is 0 Å². The standard InChI is InChI=1S/C26H33ClN4O3/c1-18-22(25(27)30(3)28-18)17-31-12-10-20(11-13-31)23(16-19-7-5-8-21(15-19)33-4)29(2)26(32)24-9-6-14-34-24/h5-9,14-15,20,23H,10-13,16-17H2,1-4H3/t23-/m1/s1. The molecular formula is C26H33ClN4O3. The van der Waals surface area contributed by atoms with Crippen molar-refractivity contribution in [1.82, 2.24) is 19.6 Å². The molecule has 182 valence electrons. The van der Waals surface area contributed by atoms with Crippen LogP contribution in [-0.4, -0.2) is 58.8 Å². The predicted octanol–water partition coefficient (Wildman–Crippen LogP) is 4.58. The molecule has 1 aromatic carbocycles. The number of carbonyl (C=O) groups is 1. The number of hydrogen-bond donors (Lipinski definition) is 0. The van der Waals surface area contributed by atoms with E-state index in [1.54, 1.807) is 30.2 Å². The van der Waals surface area contributed by atoms with E-state index in [1.807, 2.05) is 38.1 Å². The van der Waals surface area contributed by atoms with Gasteiger partial charge in [-0.3, -0.25) is 14.4 Å². The predicted molar refractivity (Wildman–Crippen MR) is 132 cm³/mol. The molecular weight excluding hydrogens is 452 g/mol. The number of piperidine rings is 1. The smallest absolute Gasteiger partial charge is 0.289 e. The zero-order valence-electron chi connectivity index (χ0n) is 20.3. The largest absolute Gasteiger partial charge is 0.497 e. The zero-order valence-corrected chi connectivity index (χ0v) is 21.1. The Morgan fingerprint density at radius 2 is 2.06 bits per heavy atom. The quantitative estimate of drug-likeness (QED) is 0.468. The molecule has 3 aromatic rings. The van der Waals surface area contributed by atoms with Crippen LogP contribution in [0.5, 0.6) is 5.75 Å². The topological polar surface area (TPSA) is 63.7 Å². The minimum atomic E-state index is -0.0851. The van der Waals surface area contributed by atoms with E-state index in [0.717, 1.165) is 61.5 Å². The second-order valence-corrected chi connectivity index (χ2v) is 9.47. The fourth-order valence-corrected chi connectivity index (χ4v) is 5.19.